The number of fused-ring (bicyclic) bond motifs is 15. The topological polar surface area (TPSA) is 744 Å². The Morgan fingerprint density at radius 3 is 1.29 bits per heavy atom. The second-order valence-corrected chi connectivity index (χ2v) is 49.8. The number of thioether (sulfide) groups is 2. The molecule has 21 rings (SSSR count). The van der Waals surface area contributed by atoms with Gasteiger partial charge in [0, 0.05) is 12.3 Å². The van der Waals surface area contributed by atoms with E-state index in [-0.39, 0.29) is 96.5 Å². The van der Waals surface area contributed by atoms with Crippen molar-refractivity contribution in [1.82, 2.24) is 118 Å². The van der Waals surface area contributed by atoms with Gasteiger partial charge in [0.05, 0.1) is 80.0 Å². The van der Waals surface area contributed by atoms with Crippen molar-refractivity contribution >= 4 is 237 Å². The van der Waals surface area contributed by atoms with Crippen molar-refractivity contribution in [3.8, 4) is 0 Å². The van der Waals surface area contributed by atoms with Gasteiger partial charge in [-0.1, -0.05) is 22.7 Å². The molecule has 6 unspecified atom stereocenters. The smallest absolute Gasteiger partial charge is 0.385 e. The van der Waals surface area contributed by atoms with Crippen molar-refractivity contribution in [3.63, 3.8) is 0 Å². The third kappa shape index (κ3) is 18.9. The highest BCUT2D eigenvalue weighted by atomic mass is 32.7. The summed E-state index contributed by atoms with van der Waals surface area (Å²) >= 11 is 31.7. The highest BCUT2D eigenvalue weighted by Crippen LogP contribution is 2.63. The molecule has 0 saturated carbocycles. The number of rotatable bonds is 6. The Hall–Kier alpha value is -7.23. The number of hydrogen-bond donors (Lipinski definition) is 15. The molecule has 20 N–H and O–H groups in total. The van der Waals surface area contributed by atoms with Crippen molar-refractivity contribution in [2.75, 3.05) is 74.0 Å². The molecule has 30 atom stereocenters. The molecule has 75 heteroatoms. The Kier molecular flexibility index (Phi) is 26.5. The number of imidazole rings is 3. The molecule has 55 nitrogen and oxygen atoms in total. The predicted octanol–water partition coefficient (Wildman–Crippen LogP) is 1.79. The Balaban J connectivity index is 0.000000130. The number of thiol groups is 1. The number of H-pyrrole nitrogens is 3. The van der Waals surface area contributed by atoms with Gasteiger partial charge in [-0.25, -0.2) is 75.8 Å². The van der Waals surface area contributed by atoms with Crippen LogP contribution in [0.4, 0.5) is 61.5 Å². The van der Waals surface area contributed by atoms with Crippen molar-refractivity contribution in [2.24, 2.45) is 0 Å². The van der Waals surface area contributed by atoms with Crippen molar-refractivity contribution in [3.05, 3.63) is 87.4 Å². The standard InChI is InChI=1S/C22H24F2N8O9P2S2.2C19H21F2N11O8P2S3/c23-13-10-4-36-42(34,44)40-16-11(39-21(14(16)24)31-2-1-8-18(26)27-6-28-19(8)31)5-37-43(35,45)41-17(13)22(38-10)32-7-29-15-9(32)3-12(25)30-20(15)33;2*20-7-6-2-37-42(35,44)39-11-5(38-17(8(11)21)32-14-9(29-30-32)13(22)24-3-25-14)1-36-41(34,43)40-12(7)18(45-6)31-4-26-10-15(31)27-19(23)28-16(10)33/h1-3,6-7,10-11,13-14,16-17,21-22H,4-5H2,(H,34,44)(H,35,45)(H3,25,30,33)(H2,26,27,28);2*3-8,11-12,17-18H,1-2H2,(H,34,43)(H,35,44)(H2,22,24,25)(H3,23,27,28,33)/t10-,11-,13-,14+,16-,17-,21-,22-,42?,43?;2*5-,6-,7+,8+,11-,12-,17-,18-,41?,42?/m111/s1. The highest BCUT2D eigenvalue weighted by Gasteiger charge is 2.59. The van der Waals surface area contributed by atoms with E-state index in [0.717, 1.165) is 45.5 Å². The number of nitrogens with one attached hydrogen (secondary N) is 3. The van der Waals surface area contributed by atoms with Gasteiger partial charge in [-0.05, 0) is 65.1 Å². The zero-order chi connectivity index (χ0) is 95.5. The number of nitrogen functional groups attached to an aromatic ring is 6. The fourth-order valence-corrected chi connectivity index (χ4v) is 27.6. The summed E-state index contributed by atoms with van der Waals surface area (Å²) in [4.78, 5) is 143. The Morgan fingerprint density at radius 1 is 0.415 bits per heavy atom. The number of pyridine rings is 1. The number of ether oxygens (including phenoxy) is 4. The lowest BCUT2D eigenvalue weighted by molar-refractivity contribution is -0.0576. The van der Waals surface area contributed by atoms with Crippen LogP contribution in [0.3, 0.4) is 0 Å². The number of nitrogens with zero attached hydrogens (tertiary/aromatic N) is 21. The van der Waals surface area contributed by atoms with Gasteiger partial charge in [-0.15, -0.1) is 33.7 Å². The lowest BCUT2D eigenvalue weighted by atomic mass is 10.1. The highest BCUT2D eigenvalue weighted by molar-refractivity contribution is 8.44. The number of nitrogens with two attached hydrogens (primary N) is 6. The predicted molar refractivity (Wildman–Crippen MR) is 477 cm³/mol. The molecule has 12 aromatic rings. The molecule has 0 spiro atoms. The molecular weight excluding hydrogens is 2100 g/mol. The molecule has 0 aromatic carbocycles. The quantitative estimate of drug-likeness (QED) is 0.0641. The molecule has 0 amide bonds. The van der Waals surface area contributed by atoms with Crippen LogP contribution < -0.4 is 51.1 Å². The van der Waals surface area contributed by atoms with E-state index in [9.17, 15) is 43.4 Å². The summed E-state index contributed by atoms with van der Waals surface area (Å²) in [5.74, 6) is -0.302. The Bertz CT molecular complexity index is 6510. The molecule has 6 bridgehead atoms. The second kappa shape index (κ2) is 37.0. The van der Waals surface area contributed by atoms with E-state index in [0.29, 0.717) is 5.39 Å². The van der Waals surface area contributed by atoms with Gasteiger partial charge in [0.25, 0.3) is 16.7 Å². The summed E-state index contributed by atoms with van der Waals surface area (Å²) in [6.45, 7) is -29.6. The van der Waals surface area contributed by atoms with Crippen molar-refractivity contribution in [2.45, 2.75) is 144 Å². The Labute approximate surface area is 784 Å². The van der Waals surface area contributed by atoms with Crippen molar-refractivity contribution < 1.29 is 129 Å². The summed E-state index contributed by atoms with van der Waals surface area (Å²) in [5.41, 5.74) is 33.3. The average Bonchev–Trinajstić information content (AvgIpc) is 1.63. The van der Waals surface area contributed by atoms with E-state index < -0.39 is 241 Å². The Morgan fingerprint density at radius 2 is 0.807 bits per heavy atom. The molecule has 0 radical (unpaired) electrons. The minimum atomic E-state index is -4.46. The molecule has 0 aliphatic carbocycles. The summed E-state index contributed by atoms with van der Waals surface area (Å²) in [6.07, 6.45) is -24.4. The average molecular weight is 2160 g/mol. The molecule has 12 aromatic heterocycles. The third-order valence-corrected chi connectivity index (χ3v) is 34.2. The van der Waals surface area contributed by atoms with Gasteiger partial charge in [0.2, 0.25) is 11.9 Å². The van der Waals surface area contributed by atoms with E-state index in [1.54, 1.807) is 6.07 Å². The zero-order valence-corrected chi connectivity index (χ0v) is 78.8. The van der Waals surface area contributed by atoms with Crippen LogP contribution in [0.1, 0.15) is 35.7 Å². The minimum absolute atomic E-state index is 0.00844. The van der Waals surface area contributed by atoms with Crippen LogP contribution in [0.15, 0.2) is 70.7 Å². The van der Waals surface area contributed by atoms with E-state index in [2.05, 4.69) is 103 Å². The van der Waals surface area contributed by atoms with Crippen LogP contribution in [-0.2, 0) is 137 Å². The van der Waals surface area contributed by atoms with Gasteiger partial charge in [-0.2, -0.15) is 19.3 Å². The number of halogens is 6. The maximum atomic E-state index is 16.0. The third-order valence-electron chi connectivity index (χ3n) is 21.7. The number of aromatic amines is 3. The SMILES string of the molecule is Nc1cc2c(ncn2[C@@H]2O[C@@H]3COP(O)(=S)O[C@H]4[C@H](F)[C@H](n5ccc6c(N)ncnc65)O[C@@H]4COP(=O)(S)O[C@@H]2[C@@H]3F)c(=O)[nH]1.Nc1nc2c(ncn2[C@@H]2S[C@@H]3COP(O)(=S)O[C@H]4[C@H](F)[C@H](n5nnc6c(N)ncnc65)O[C@@H]4COP(O)(=S)O[C@@H]2[C@H]3F)c(=O)[nH]1.Nc1nc2c(ncn2[C@@H]2S[C@@H]3COP(O)(=S)O[C@H]4[C@H](F)[C@H](n5nnc6c(N)ncnc65)O[C@@H]4COP(O)(=S)O[C@@H]2[C@H]3F)c(=O)[nH]1. The number of aromatic nitrogens is 24. The molecule has 9 aliphatic rings. The normalized spacial score (nSPS) is 37.7. The monoisotopic (exact) mass is 2160 g/mol. The molecule has 9 aliphatic heterocycles. The van der Waals surface area contributed by atoms with Crippen LogP contribution in [0, 0.1) is 0 Å². The minimum Gasteiger partial charge on any atom is -0.385 e. The first-order valence-electron chi connectivity index (χ1n) is 38.7. The maximum Gasteiger partial charge on any atom is 0.386 e. The van der Waals surface area contributed by atoms with Gasteiger partial charge in [0.15, 0.2) is 111 Å². The molecule has 135 heavy (non-hydrogen) atoms. The van der Waals surface area contributed by atoms with Crippen molar-refractivity contribution in [1.29, 1.82) is 0 Å². The number of alkyl halides is 6. The number of hydrogen-bond acceptors (Lipinski definition) is 48. The number of anilines is 6. The van der Waals surface area contributed by atoms with Crippen LogP contribution in [0.5, 0.6) is 0 Å². The molecule has 726 valence electrons. The second-order valence-electron chi connectivity index (χ2n) is 30.2. The van der Waals surface area contributed by atoms with E-state index >= 15 is 26.3 Å². The lowest BCUT2D eigenvalue weighted by Crippen LogP contribution is -2.34. The summed E-state index contributed by atoms with van der Waals surface area (Å²) in [6, 6.07) is 2.93. The van der Waals surface area contributed by atoms with E-state index in [1.165, 1.54) is 55.8 Å². The maximum absolute atomic E-state index is 16.0. The molecule has 21 heterocycles. The summed E-state index contributed by atoms with van der Waals surface area (Å²) < 4.78 is 206. The molecular formula is C60H66F6N30O25P6S8. The fraction of sp³-hybridized carbons (Fsp3) is 0.500. The van der Waals surface area contributed by atoms with Crippen LogP contribution >= 0.6 is 76.2 Å². The first-order valence-corrected chi connectivity index (χ1v) is 56.2. The summed E-state index contributed by atoms with van der Waals surface area (Å²) in [5, 5.41) is 11.7. The first-order chi connectivity index (χ1) is 63.9. The first kappa shape index (κ1) is 96.6. The van der Waals surface area contributed by atoms with E-state index in [4.69, 9.17) is 167 Å². The lowest BCUT2D eigenvalue weighted by Gasteiger charge is -2.27. The van der Waals surface area contributed by atoms with Gasteiger partial charge in [-0.3, -0.25) is 65.2 Å². The molecule has 9 saturated heterocycles. The fourth-order valence-electron chi connectivity index (χ4n) is 15.7. The van der Waals surface area contributed by atoms with E-state index in [1.807, 2.05) is 0 Å². The van der Waals surface area contributed by atoms with Crippen LogP contribution in [-0.4, -0.2) is 291 Å². The zero-order valence-electron chi connectivity index (χ0n) is 66.8. The van der Waals surface area contributed by atoms with Gasteiger partial charge in [0.1, 0.15) is 120 Å². The van der Waals surface area contributed by atoms with Gasteiger partial charge >= 0.3 is 40.4 Å². The largest absolute Gasteiger partial charge is 0.386 e. The van der Waals surface area contributed by atoms with Crippen LogP contribution in [0.25, 0.3) is 66.7 Å². The molecule has 9 fully saturated rings. The van der Waals surface area contributed by atoms with Crippen LogP contribution in [0.2, 0.25) is 0 Å². The van der Waals surface area contributed by atoms with Gasteiger partial charge < -0.3 is 115 Å². The summed E-state index contributed by atoms with van der Waals surface area (Å²) in [7, 11) is 0.